The number of likely N-dealkylation sites (tertiary alicyclic amines) is 1. The van der Waals surface area contributed by atoms with Gasteiger partial charge in [0.05, 0.1) is 17.4 Å². The maximum atomic E-state index is 4.24. The molecule has 1 N–H and O–H groups in total. The molecule has 1 unspecified atom stereocenters. The number of piperidine rings is 1. The van der Waals surface area contributed by atoms with Crippen LogP contribution in [0.15, 0.2) is 6.20 Å². The van der Waals surface area contributed by atoms with Gasteiger partial charge in [0.15, 0.2) is 0 Å². The van der Waals surface area contributed by atoms with E-state index in [9.17, 15) is 0 Å². The average Bonchev–Trinajstić information content (AvgIpc) is 2.88. The highest BCUT2D eigenvalue weighted by atomic mass is 15.4. The standard InChI is InChI=1S/C16H31N5/c1-14(12-20-8-6-5-7-9-20)10-17-11-15-13-21(19-18-15)16(2,3)4/h13-14,17H,5-12H2,1-4H3. The van der Waals surface area contributed by atoms with Crippen LogP contribution in [-0.4, -0.2) is 46.1 Å². The van der Waals surface area contributed by atoms with E-state index in [0.29, 0.717) is 5.92 Å². The Balaban J connectivity index is 1.67. The lowest BCUT2D eigenvalue weighted by molar-refractivity contribution is 0.199. The highest BCUT2D eigenvalue weighted by Gasteiger charge is 2.15. The third-order valence-electron chi connectivity index (χ3n) is 4.05. The molecule has 5 nitrogen and oxygen atoms in total. The Morgan fingerprint density at radius 2 is 1.95 bits per heavy atom. The summed E-state index contributed by atoms with van der Waals surface area (Å²) in [6.45, 7) is 14.4. The first kappa shape index (κ1) is 16.4. The third kappa shape index (κ3) is 5.40. The van der Waals surface area contributed by atoms with E-state index in [0.717, 1.165) is 18.8 Å². The molecule has 1 aliphatic rings. The summed E-state index contributed by atoms with van der Waals surface area (Å²) in [5, 5.41) is 11.9. The van der Waals surface area contributed by atoms with Gasteiger partial charge in [0, 0.05) is 13.1 Å². The lowest BCUT2D eigenvalue weighted by Crippen LogP contribution is -2.36. The van der Waals surface area contributed by atoms with Crippen LogP contribution in [0.5, 0.6) is 0 Å². The minimum atomic E-state index is 0.00675. The molecule has 0 radical (unpaired) electrons. The molecule has 1 atom stereocenters. The Kier molecular flexibility index (Phi) is 5.76. The zero-order valence-electron chi connectivity index (χ0n) is 14.1. The molecule has 21 heavy (non-hydrogen) atoms. The third-order valence-corrected chi connectivity index (χ3v) is 4.05. The molecular formula is C16H31N5. The van der Waals surface area contributed by atoms with Crippen LogP contribution < -0.4 is 5.32 Å². The van der Waals surface area contributed by atoms with E-state index in [2.05, 4.69) is 48.2 Å². The van der Waals surface area contributed by atoms with Crippen molar-refractivity contribution < 1.29 is 0 Å². The minimum absolute atomic E-state index is 0.00675. The van der Waals surface area contributed by atoms with E-state index in [1.165, 1.54) is 38.9 Å². The maximum Gasteiger partial charge on any atom is 0.0965 e. The van der Waals surface area contributed by atoms with Crippen molar-refractivity contribution in [1.29, 1.82) is 0 Å². The Bertz CT molecular complexity index is 415. The second-order valence-electron chi connectivity index (χ2n) is 7.42. The molecule has 0 aromatic carbocycles. The van der Waals surface area contributed by atoms with Gasteiger partial charge in [-0.1, -0.05) is 18.6 Å². The quantitative estimate of drug-likeness (QED) is 0.874. The van der Waals surface area contributed by atoms with E-state index < -0.39 is 0 Å². The number of hydrogen-bond donors (Lipinski definition) is 1. The van der Waals surface area contributed by atoms with Crippen LogP contribution in [0.1, 0.15) is 52.7 Å². The Morgan fingerprint density at radius 1 is 1.24 bits per heavy atom. The summed E-state index contributed by atoms with van der Waals surface area (Å²) in [7, 11) is 0. The van der Waals surface area contributed by atoms with Gasteiger partial charge >= 0.3 is 0 Å². The molecule has 0 saturated carbocycles. The fourth-order valence-corrected chi connectivity index (χ4v) is 2.80. The van der Waals surface area contributed by atoms with Gasteiger partial charge in [-0.2, -0.15) is 0 Å². The summed E-state index contributed by atoms with van der Waals surface area (Å²) in [6, 6.07) is 0. The van der Waals surface area contributed by atoms with Crippen LogP contribution in [0.4, 0.5) is 0 Å². The monoisotopic (exact) mass is 293 g/mol. The van der Waals surface area contributed by atoms with E-state index in [1.54, 1.807) is 0 Å². The fourth-order valence-electron chi connectivity index (χ4n) is 2.80. The van der Waals surface area contributed by atoms with Gasteiger partial charge in [-0.3, -0.25) is 0 Å². The highest BCUT2D eigenvalue weighted by Crippen LogP contribution is 2.12. The predicted molar refractivity (Wildman–Crippen MR) is 86.2 cm³/mol. The lowest BCUT2D eigenvalue weighted by atomic mass is 10.1. The van der Waals surface area contributed by atoms with E-state index in [-0.39, 0.29) is 5.54 Å². The molecule has 0 aliphatic carbocycles. The molecule has 0 amide bonds. The zero-order valence-corrected chi connectivity index (χ0v) is 14.1. The topological polar surface area (TPSA) is 46.0 Å². The fraction of sp³-hybridized carbons (Fsp3) is 0.875. The molecule has 2 rings (SSSR count). The molecule has 0 spiro atoms. The smallest absolute Gasteiger partial charge is 0.0965 e. The van der Waals surface area contributed by atoms with Crippen molar-refractivity contribution in [3.05, 3.63) is 11.9 Å². The predicted octanol–water partition coefficient (Wildman–Crippen LogP) is 2.24. The van der Waals surface area contributed by atoms with Crippen molar-refractivity contribution in [2.45, 2.75) is 59.0 Å². The number of nitrogens with zero attached hydrogens (tertiary/aromatic N) is 4. The minimum Gasteiger partial charge on any atom is -0.311 e. The molecule has 5 heteroatoms. The van der Waals surface area contributed by atoms with Crippen LogP contribution in [0.25, 0.3) is 0 Å². The molecule has 1 aliphatic heterocycles. The second kappa shape index (κ2) is 7.36. The Morgan fingerprint density at radius 3 is 2.57 bits per heavy atom. The first-order valence-electron chi connectivity index (χ1n) is 8.30. The van der Waals surface area contributed by atoms with Gasteiger partial charge in [-0.05, 0) is 59.2 Å². The van der Waals surface area contributed by atoms with E-state index in [4.69, 9.17) is 0 Å². The Labute approximate surface area is 129 Å². The molecule has 120 valence electrons. The van der Waals surface area contributed by atoms with Crippen molar-refractivity contribution in [2.24, 2.45) is 5.92 Å². The van der Waals surface area contributed by atoms with Crippen LogP contribution in [0, 0.1) is 5.92 Å². The molecule has 1 saturated heterocycles. The summed E-state index contributed by atoms with van der Waals surface area (Å²) in [6.07, 6.45) is 6.20. The van der Waals surface area contributed by atoms with Gasteiger partial charge in [0.2, 0.25) is 0 Å². The number of nitrogens with one attached hydrogen (secondary N) is 1. The Hall–Kier alpha value is -0.940. The lowest BCUT2D eigenvalue weighted by Gasteiger charge is -2.29. The number of hydrogen-bond acceptors (Lipinski definition) is 4. The van der Waals surface area contributed by atoms with Crippen molar-refractivity contribution in [3.8, 4) is 0 Å². The largest absolute Gasteiger partial charge is 0.311 e. The molecule has 0 bridgehead atoms. The molecule has 1 aromatic heterocycles. The molecule has 1 aromatic rings. The normalized spacial score (nSPS) is 18.9. The second-order valence-corrected chi connectivity index (χ2v) is 7.42. The molecule has 2 heterocycles. The number of rotatable bonds is 6. The first-order chi connectivity index (χ1) is 9.95. The van der Waals surface area contributed by atoms with Gasteiger partial charge in [0.1, 0.15) is 0 Å². The summed E-state index contributed by atoms with van der Waals surface area (Å²) in [5.74, 6) is 0.681. The zero-order chi connectivity index (χ0) is 15.3. The van der Waals surface area contributed by atoms with Crippen molar-refractivity contribution in [2.75, 3.05) is 26.2 Å². The van der Waals surface area contributed by atoms with Crippen LogP contribution in [0.2, 0.25) is 0 Å². The van der Waals surface area contributed by atoms with Crippen LogP contribution in [0.3, 0.4) is 0 Å². The molecular weight excluding hydrogens is 262 g/mol. The van der Waals surface area contributed by atoms with Crippen molar-refractivity contribution in [1.82, 2.24) is 25.2 Å². The van der Waals surface area contributed by atoms with Crippen molar-refractivity contribution >= 4 is 0 Å². The van der Waals surface area contributed by atoms with Crippen molar-refractivity contribution in [3.63, 3.8) is 0 Å². The van der Waals surface area contributed by atoms with E-state index >= 15 is 0 Å². The average molecular weight is 293 g/mol. The van der Waals surface area contributed by atoms with Gasteiger partial charge in [-0.25, -0.2) is 4.68 Å². The van der Waals surface area contributed by atoms with Gasteiger partial charge in [0.25, 0.3) is 0 Å². The summed E-state index contributed by atoms with van der Waals surface area (Å²) in [5.41, 5.74) is 1.03. The van der Waals surface area contributed by atoms with E-state index in [1.807, 2.05) is 10.9 Å². The summed E-state index contributed by atoms with van der Waals surface area (Å²) >= 11 is 0. The first-order valence-corrected chi connectivity index (χ1v) is 8.30. The maximum absolute atomic E-state index is 4.24. The SMILES string of the molecule is CC(CNCc1cn(C(C)(C)C)nn1)CN1CCCCC1. The molecule has 1 fully saturated rings. The van der Waals surface area contributed by atoms with Crippen LogP contribution >= 0.6 is 0 Å². The van der Waals surface area contributed by atoms with Gasteiger partial charge in [-0.15, -0.1) is 5.10 Å². The summed E-state index contributed by atoms with van der Waals surface area (Å²) in [4.78, 5) is 2.60. The van der Waals surface area contributed by atoms with Gasteiger partial charge < -0.3 is 10.2 Å². The van der Waals surface area contributed by atoms with Crippen LogP contribution in [-0.2, 0) is 12.1 Å². The highest BCUT2D eigenvalue weighted by molar-refractivity contribution is 4.94. The number of aromatic nitrogens is 3. The summed E-state index contributed by atoms with van der Waals surface area (Å²) < 4.78 is 1.93.